The number of carboxylic acids is 2. The van der Waals surface area contributed by atoms with Crippen molar-refractivity contribution in [3.05, 3.63) is 36.0 Å². The Balaban J connectivity index is 2.59. The Kier molecular flexibility index (Phi) is 3.55. The van der Waals surface area contributed by atoms with Crippen LogP contribution in [0.3, 0.4) is 0 Å². The van der Waals surface area contributed by atoms with Crippen LogP contribution in [0.2, 0.25) is 0 Å². The second-order valence-corrected chi connectivity index (χ2v) is 4.38. The first-order valence-corrected chi connectivity index (χ1v) is 6.07. The van der Waals surface area contributed by atoms with Crippen molar-refractivity contribution in [1.29, 1.82) is 0 Å². The van der Waals surface area contributed by atoms with E-state index in [0.717, 1.165) is 10.9 Å². The third kappa shape index (κ3) is 2.45. The molecule has 0 spiro atoms. The minimum atomic E-state index is -1.11. The van der Waals surface area contributed by atoms with Gasteiger partial charge >= 0.3 is 11.9 Å². The van der Waals surface area contributed by atoms with Crippen LogP contribution in [0.1, 0.15) is 24.8 Å². The minimum Gasteiger partial charge on any atom is -0.481 e. The highest BCUT2D eigenvalue weighted by Crippen LogP contribution is 2.30. The van der Waals surface area contributed by atoms with Crippen LogP contribution in [0.5, 0.6) is 0 Å². The van der Waals surface area contributed by atoms with Crippen molar-refractivity contribution in [3.8, 4) is 0 Å². The molecule has 5 heteroatoms. The van der Waals surface area contributed by atoms with Crippen molar-refractivity contribution in [3.63, 3.8) is 0 Å². The van der Waals surface area contributed by atoms with Crippen molar-refractivity contribution in [2.24, 2.45) is 0 Å². The van der Waals surface area contributed by atoms with E-state index in [1.54, 1.807) is 6.20 Å². The molecule has 0 fully saturated rings. The number of aryl methyl sites for hydroxylation is 1. The lowest BCUT2D eigenvalue weighted by Crippen LogP contribution is -2.15. The number of fused-ring (bicyclic) bond motifs is 1. The number of rotatable bonds is 5. The molecule has 0 bridgehead atoms. The van der Waals surface area contributed by atoms with Crippen LogP contribution in [-0.2, 0) is 16.1 Å². The topological polar surface area (TPSA) is 79.5 Å². The maximum absolute atomic E-state index is 11.3. The molecule has 1 heterocycles. The predicted octanol–water partition coefficient (Wildman–Crippen LogP) is 2.30. The summed E-state index contributed by atoms with van der Waals surface area (Å²) in [5, 5.41) is 18.9. The van der Waals surface area contributed by atoms with Crippen molar-refractivity contribution < 1.29 is 19.8 Å². The normalized spacial score (nSPS) is 12.5. The smallest absolute Gasteiger partial charge is 0.311 e. The number of hydrogen-bond donors (Lipinski definition) is 2. The van der Waals surface area contributed by atoms with Crippen molar-refractivity contribution >= 4 is 22.8 Å². The van der Waals surface area contributed by atoms with Crippen LogP contribution in [0.25, 0.3) is 10.9 Å². The zero-order valence-electron chi connectivity index (χ0n) is 10.5. The first-order valence-electron chi connectivity index (χ1n) is 6.07. The molecule has 100 valence electrons. The highest BCUT2D eigenvalue weighted by Gasteiger charge is 2.26. The molecule has 1 atom stereocenters. The Labute approximate surface area is 110 Å². The third-order valence-corrected chi connectivity index (χ3v) is 3.21. The third-order valence-electron chi connectivity index (χ3n) is 3.21. The van der Waals surface area contributed by atoms with E-state index < -0.39 is 24.3 Å². The fourth-order valence-electron chi connectivity index (χ4n) is 2.32. The molecule has 1 aromatic heterocycles. The SMILES string of the molecule is CCn1cc(C(CC(=O)O)C(=O)O)c2ccccc21. The molecular weight excluding hydrogens is 246 g/mol. The molecule has 2 aromatic rings. The molecule has 0 radical (unpaired) electrons. The van der Waals surface area contributed by atoms with E-state index in [1.807, 2.05) is 35.8 Å². The van der Waals surface area contributed by atoms with E-state index in [1.165, 1.54) is 0 Å². The fourth-order valence-corrected chi connectivity index (χ4v) is 2.32. The summed E-state index contributed by atoms with van der Waals surface area (Å²) in [6.07, 6.45) is 1.33. The summed E-state index contributed by atoms with van der Waals surface area (Å²) in [5.74, 6) is -3.24. The van der Waals surface area contributed by atoms with Gasteiger partial charge in [0.25, 0.3) is 0 Å². The lowest BCUT2D eigenvalue weighted by Gasteiger charge is -2.08. The quantitative estimate of drug-likeness (QED) is 0.865. The molecule has 2 N–H and O–H groups in total. The number of carboxylic acid groups (broad SMARTS) is 2. The van der Waals surface area contributed by atoms with Gasteiger partial charge in [-0.05, 0) is 18.6 Å². The van der Waals surface area contributed by atoms with Gasteiger partial charge in [0.15, 0.2) is 0 Å². The van der Waals surface area contributed by atoms with Crippen LogP contribution >= 0.6 is 0 Å². The molecule has 1 aromatic carbocycles. The Morgan fingerprint density at radius 2 is 1.95 bits per heavy atom. The molecule has 5 nitrogen and oxygen atoms in total. The molecule has 1 unspecified atom stereocenters. The average Bonchev–Trinajstić information content (AvgIpc) is 2.74. The van der Waals surface area contributed by atoms with Gasteiger partial charge in [-0.25, -0.2) is 0 Å². The van der Waals surface area contributed by atoms with E-state index >= 15 is 0 Å². The lowest BCUT2D eigenvalue weighted by molar-refractivity contribution is -0.145. The highest BCUT2D eigenvalue weighted by atomic mass is 16.4. The number of aromatic nitrogens is 1. The van der Waals surface area contributed by atoms with Gasteiger partial charge in [0, 0.05) is 23.6 Å². The van der Waals surface area contributed by atoms with E-state index in [9.17, 15) is 14.7 Å². The number of nitrogens with zero attached hydrogens (tertiary/aromatic N) is 1. The van der Waals surface area contributed by atoms with Gasteiger partial charge in [0.05, 0.1) is 12.3 Å². The summed E-state index contributed by atoms with van der Waals surface area (Å²) in [4.78, 5) is 22.1. The Bertz CT molecular complexity index is 629. The predicted molar refractivity (Wildman–Crippen MR) is 70.2 cm³/mol. The first-order chi connectivity index (χ1) is 9.04. The summed E-state index contributed by atoms with van der Waals surface area (Å²) < 4.78 is 1.93. The number of benzene rings is 1. The summed E-state index contributed by atoms with van der Waals surface area (Å²) in [5.41, 5.74) is 1.49. The lowest BCUT2D eigenvalue weighted by atomic mass is 9.95. The van der Waals surface area contributed by atoms with E-state index in [0.29, 0.717) is 12.1 Å². The summed E-state index contributed by atoms with van der Waals surface area (Å²) >= 11 is 0. The van der Waals surface area contributed by atoms with E-state index in [4.69, 9.17) is 5.11 Å². The maximum atomic E-state index is 11.3. The summed E-state index contributed by atoms with van der Waals surface area (Å²) in [7, 11) is 0. The van der Waals surface area contributed by atoms with Gasteiger partial charge in [-0.2, -0.15) is 0 Å². The molecule has 0 aliphatic carbocycles. The minimum absolute atomic E-state index is 0.410. The van der Waals surface area contributed by atoms with Gasteiger partial charge in [0.1, 0.15) is 0 Å². The Hall–Kier alpha value is -2.30. The Morgan fingerprint density at radius 3 is 2.53 bits per heavy atom. The number of carbonyl (C=O) groups is 2. The fraction of sp³-hybridized carbons (Fsp3) is 0.286. The number of aliphatic carboxylic acids is 2. The molecular formula is C14H15NO4. The van der Waals surface area contributed by atoms with Gasteiger partial charge in [-0.1, -0.05) is 18.2 Å². The maximum Gasteiger partial charge on any atom is 0.311 e. The zero-order valence-corrected chi connectivity index (χ0v) is 10.5. The average molecular weight is 261 g/mol. The first kappa shape index (κ1) is 13.1. The van der Waals surface area contributed by atoms with Crippen molar-refractivity contribution in [2.75, 3.05) is 0 Å². The van der Waals surface area contributed by atoms with Crippen LogP contribution in [0.15, 0.2) is 30.5 Å². The van der Waals surface area contributed by atoms with E-state index in [-0.39, 0.29) is 0 Å². The molecule has 19 heavy (non-hydrogen) atoms. The van der Waals surface area contributed by atoms with Gasteiger partial charge < -0.3 is 14.8 Å². The van der Waals surface area contributed by atoms with E-state index in [2.05, 4.69) is 0 Å². The molecule has 0 saturated carbocycles. The van der Waals surface area contributed by atoms with Crippen LogP contribution in [0, 0.1) is 0 Å². The number of hydrogen-bond acceptors (Lipinski definition) is 2. The standard InChI is InChI=1S/C14H15NO4/c1-2-15-8-11(9-5-3-4-6-12(9)15)10(14(18)19)7-13(16)17/h3-6,8,10H,2,7H2,1H3,(H,16,17)(H,18,19). The molecule has 2 rings (SSSR count). The molecule has 0 amide bonds. The monoisotopic (exact) mass is 261 g/mol. The highest BCUT2D eigenvalue weighted by molar-refractivity contribution is 5.91. The molecule has 0 aliphatic heterocycles. The van der Waals surface area contributed by atoms with Gasteiger partial charge in [-0.3, -0.25) is 9.59 Å². The van der Waals surface area contributed by atoms with Crippen LogP contribution < -0.4 is 0 Å². The van der Waals surface area contributed by atoms with Gasteiger partial charge in [0.2, 0.25) is 0 Å². The second kappa shape index (κ2) is 5.14. The molecule has 0 saturated heterocycles. The van der Waals surface area contributed by atoms with Crippen molar-refractivity contribution in [2.45, 2.75) is 25.8 Å². The number of para-hydroxylation sites is 1. The summed E-state index contributed by atoms with van der Waals surface area (Å²) in [6, 6.07) is 7.44. The van der Waals surface area contributed by atoms with Crippen molar-refractivity contribution in [1.82, 2.24) is 4.57 Å². The van der Waals surface area contributed by atoms with Crippen LogP contribution in [0.4, 0.5) is 0 Å². The van der Waals surface area contributed by atoms with Crippen LogP contribution in [-0.4, -0.2) is 26.7 Å². The largest absolute Gasteiger partial charge is 0.481 e. The second-order valence-electron chi connectivity index (χ2n) is 4.38. The summed E-state index contributed by atoms with van der Waals surface area (Å²) in [6.45, 7) is 2.67. The Morgan fingerprint density at radius 1 is 1.26 bits per heavy atom. The van der Waals surface area contributed by atoms with Gasteiger partial charge in [-0.15, -0.1) is 0 Å². The molecule has 0 aliphatic rings. The zero-order chi connectivity index (χ0) is 14.0.